The van der Waals surface area contributed by atoms with E-state index in [0.717, 1.165) is 19.1 Å². The van der Waals surface area contributed by atoms with E-state index in [-0.39, 0.29) is 57.9 Å². The molecular weight excluding hydrogens is 515 g/mol. The fourth-order valence-corrected chi connectivity index (χ4v) is 6.17. The van der Waals surface area contributed by atoms with Crippen LogP contribution in [0, 0.1) is 5.82 Å². The molecule has 4 N–H and O–H groups in total. The molecule has 5 rings (SSSR count). The number of nitrogens with two attached hydrogens (primary N) is 1. The number of fused-ring (bicyclic) bond motifs is 1. The van der Waals surface area contributed by atoms with Crippen LogP contribution in [0.5, 0.6) is 0 Å². The van der Waals surface area contributed by atoms with Crippen LogP contribution in [0.4, 0.5) is 10.2 Å². The third-order valence-electron chi connectivity index (χ3n) is 6.97. The van der Waals surface area contributed by atoms with Crippen molar-refractivity contribution in [3.8, 4) is 11.1 Å². The van der Waals surface area contributed by atoms with Gasteiger partial charge in [-0.2, -0.15) is 9.61 Å². The van der Waals surface area contributed by atoms with Crippen LogP contribution >= 0.6 is 0 Å². The van der Waals surface area contributed by atoms with Gasteiger partial charge in [-0.05, 0) is 44.2 Å². The van der Waals surface area contributed by atoms with E-state index in [9.17, 15) is 22.7 Å². The Morgan fingerprint density at radius 2 is 2.11 bits per heavy atom. The van der Waals surface area contributed by atoms with E-state index in [1.165, 1.54) is 29.2 Å². The first-order valence-corrected chi connectivity index (χ1v) is 13.9. The van der Waals surface area contributed by atoms with Gasteiger partial charge >= 0.3 is 0 Å². The Morgan fingerprint density at radius 3 is 2.76 bits per heavy atom. The van der Waals surface area contributed by atoms with Crippen molar-refractivity contribution in [1.82, 2.24) is 34.7 Å². The lowest BCUT2D eigenvalue weighted by atomic mass is 10.1. The number of nitrogens with one attached hydrogen (secondary N) is 1. The summed E-state index contributed by atoms with van der Waals surface area (Å²) >= 11 is 0. The van der Waals surface area contributed by atoms with Gasteiger partial charge in [0.2, 0.25) is 5.82 Å². The number of nitrogens with zero attached hydrogens (tertiary/aromatic N) is 6. The summed E-state index contributed by atoms with van der Waals surface area (Å²) in [5, 5.41) is 21.0. The number of aromatic amines is 1. The first-order chi connectivity index (χ1) is 18.1. The summed E-state index contributed by atoms with van der Waals surface area (Å²) in [5.41, 5.74) is 7.89. The highest BCUT2D eigenvalue weighted by atomic mass is 32.2. The minimum atomic E-state index is -3.79. The summed E-state index contributed by atoms with van der Waals surface area (Å²) in [6.07, 6.45) is 6.04. The van der Waals surface area contributed by atoms with Gasteiger partial charge in [0.05, 0.1) is 18.5 Å². The number of halogens is 1. The summed E-state index contributed by atoms with van der Waals surface area (Å²) in [6.45, 7) is 1.52. The van der Waals surface area contributed by atoms with Crippen molar-refractivity contribution in [2.45, 2.75) is 56.2 Å². The quantitative estimate of drug-likeness (QED) is 0.314. The number of hydrogen-bond acceptors (Lipinski definition) is 9. The van der Waals surface area contributed by atoms with Crippen LogP contribution in [-0.4, -0.2) is 72.5 Å². The second kappa shape index (κ2) is 9.76. The highest BCUT2D eigenvalue weighted by molar-refractivity contribution is 7.91. The van der Waals surface area contributed by atoms with Crippen LogP contribution in [0.2, 0.25) is 0 Å². The van der Waals surface area contributed by atoms with E-state index in [2.05, 4.69) is 25.3 Å². The van der Waals surface area contributed by atoms with Gasteiger partial charge in [-0.3, -0.25) is 4.79 Å². The molecule has 1 aromatic carbocycles. The number of benzene rings is 1. The van der Waals surface area contributed by atoms with E-state index in [0.29, 0.717) is 17.5 Å². The molecule has 14 heteroatoms. The van der Waals surface area contributed by atoms with Crippen molar-refractivity contribution in [1.29, 1.82) is 0 Å². The molecule has 1 amide bonds. The van der Waals surface area contributed by atoms with Crippen molar-refractivity contribution >= 4 is 27.2 Å². The lowest BCUT2D eigenvalue weighted by Crippen LogP contribution is -2.40. The molecule has 200 valence electrons. The Bertz CT molecular complexity index is 1620. The average molecular weight is 543 g/mol. The molecule has 4 heterocycles. The number of anilines is 1. The highest BCUT2D eigenvalue weighted by Crippen LogP contribution is 2.33. The highest BCUT2D eigenvalue weighted by Gasteiger charge is 2.36. The summed E-state index contributed by atoms with van der Waals surface area (Å²) in [7, 11) is -3.79. The Kier molecular flexibility index (Phi) is 6.61. The number of likely N-dealkylation sites (tertiary alicyclic amines) is 1. The third kappa shape index (κ3) is 4.49. The molecular formula is C24H27FN8O4S. The van der Waals surface area contributed by atoms with Crippen LogP contribution < -0.4 is 5.73 Å². The van der Waals surface area contributed by atoms with Crippen molar-refractivity contribution < 1.29 is 22.7 Å². The first kappa shape index (κ1) is 25.7. The molecule has 38 heavy (non-hydrogen) atoms. The van der Waals surface area contributed by atoms with E-state index >= 15 is 0 Å². The second-order valence-corrected chi connectivity index (χ2v) is 11.4. The van der Waals surface area contributed by atoms with Crippen molar-refractivity contribution in [2.75, 3.05) is 12.0 Å². The van der Waals surface area contributed by atoms with Crippen LogP contribution in [0.3, 0.4) is 0 Å². The molecule has 0 unspecified atom stereocenters. The van der Waals surface area contributed by atoms with E-state index < -0.39 is 22.3 Å². The molecule has 3 aromatic heterocycles. The fraction of sp³-hybridized carbons (Fsp3) is 0.375. The number of aryl methyl sites for hydroxylation is 1. The zero-order chi connectivity index (χ0) is 27.2. The predicted octanol–water partition coefficient (Wildman–Crippen LogP) is 1.76. The Morgan fingerprint density at radius 1 is 1.32 bits per heavy atom. The van der Waals surface area contributed by atoms with Crippen molar-refractivity contribution in [2.24, 2.45) is 0 Å². The van der Waals surface area contributed by atoms with Crippen molar-refractivity contribution in [3.05, 3.63) is 53.6 Å². The molecule has 2 atom stereocenters. The Labute approximate surface area is 217 Å². The van der Waals surface area contributed by atoms with Gasteiger partial charge < -0.3 is 20.7 Å². The molecule has 1 aliphatic rings. The number of aromatic nitrogens is 6. The lowest BCUT2D eigenvalue weighted by Gasteiger charge is -2.28. The van der Waals surface area contributed by atoms with Crippen LogP contribution in [0.15, 0.2) is 35.6 Å². The van der Waals surface area contributed by atoms with E-state index in [1.807, 2.05) is 6.92 Å². The molecule has 0 radical (unpaired) electrons. The molecule has 1 saturated heterocycles. The average Bonchev–Trinajstić information content (AvgIpc) is 3.62. The minimum Gasteiger partial charge on any atom is -0.392 e. The smallest absolute Gasteiger partial charge is 0.292 e. The van der Waals surface area contributed by atoms with Crippen molar-refractivity contribution in [3.63, 3.8) is 0 Å². The number of amides is 1. The number of rotatable bonds is 7. The van der Waals surface area contributed by atoms with E-state index in [4.69, 9.17) is 5.73 Å². The lowest BCUT2D eigenvalue weighted by molar-refractivity contribution is 0.0660. The molecule has 4 aromatic rings. The largest absolute Gasteiger partial charge is 0.392 e. The maximum Gasteiger partial charge on any atom is 0.292 e. The SMILES string of the molecule is C[C@@H]1CC[C@H](CCc2nc3c(-c4ccc(CO)c(F)c4)cnn3c(N)c2S(C)(=O)=O)N1C(=O)c1nnc[nH]1. The second-order valence-electron chi connectivity index (χ2n) is 9.47. The number of aliphatic hydroxyl groups excluding tert-OH is 1. The standard InChI is InChI=1S/C24H27FN8O4S/c1-13-3-6-16(32(13)24(35)22-27-12-28-31-22)7-8-19-20(38(2,36)37)21(26)33-23(30-19)17(10-29-33)14-4-5-15(11-34)18(25)9-14/h4-5,9-10,12-13,16,34H,3,6-8,11,26H2,1-2H3,(H,27,28,31)/t13-,16-/m1/s1. The molecule has 0 bridgehead atoms. The number of carbonyl (C=O) groups excluding carboxylic acids is 1. The van der Waals surface area contributed by atoms with Gasteiger partial charge in [0.25, 0.3) is 5.91 Å². The van der Waals surface area contributed by atoms with E-state index in [1.54, 1.807) is 11.0 Å². The molecule has 12 nitrogen and oxygen atoms in total. The van der Waals surface area contributed by atoms with Gasteiger partial charge in [-0.25, -0.2) is 17.8 Å². The monoisotopic (exact) mass is 542 g/mol. The maximum atomic E-state index is 14.4. The number of hydrogen-bond donors (Lipinski definition) is 3. The number of sulfone groups is 1. The number of carbonyl (C=O) groups is 1. The summed E-state index contributed by atoms with van der Waals surface area (Å²) in [6, 6.07) is 4.16. The summed E-state index contributed by atoms with van der Waals surface area (Å²) in [4.78, 5) is 22.1. The Balaban J connectivity index is 1.53. The van der Waals surface area contributed by atoms with Crippen LogP contribution in [0.25, 0.3) is 16.8 Å². The molecule has 1 fully saturated rings. The van der Waals surface area contributed by atoms with Crippen LogP contribution in [0.1, 0.15) is 48.1 Å². The maximum absolute atomic E-state index is 14.4. The first-order valence-electron chi connectivity index (χ1n) is 12.0. The van der Waals surface area contributed by atoms with Gasteiger partial charge in [0.15, 0.2) is 15.5 Å². The normalized spacial score (nSPS) is 17.9. The summed E-state index contributed by atoms with van der Waals surface area (Å²) in [5.74, 6) is -0.805. The fourth-order valence-electron chi connectivity index (χ4n) is 5.13. The Hall–Kier alpha value is -3.91. The van der Waals surface area contributed by atoms with Gasteiger partial charge in [0.1, 0.15) is 22.9 Å². The zero-order valence-electron chi connectivity index (χ0n) is 20.8. The topological polar surface area (TPSA) is 172 Å². The third-order valence-corrected chi connectivity index (χ3v) is 8.15. The van der Waals surface area contributed by atoms with Crippen LogP contribution in [-0.2, 0) is 22.9 Å². The van der Waals surface area contributed by atoms with Gasteiger partial charge in [0, 0.05) is 29.5 Å². The molecule has 0 aliphatic carbocycles. The minimum absolute atomic E-state index is 0.0225. The number of aliphatic hydroxyl groups is 1. The number of nitrogen functional groups attached to an aromatic ring is 1. The predicted molar refractivity (Wildman–Crippen MR) is 135 cm³/mol. The zero-order valence-corrected chi connectivity index (χ0v) is 21.6. The molecule has 1 aliphatic heterocycles. The van der Waals surface area contributed by atoms with Gasteiger partial charge in [-0.1, -0.05) is 12.1 Å². The molecule has 0 saturated carbocycles. The van der Waals surface area contributed by atoms with Gasteiger partial charge in [-0.15, -0.1) is 10.2 Å². The molecule has 0 spiro atoms. The summed E-state index contributed by atoms with van der Waals surface area (Å²) < 4.78 is 41.2. The number of H-pyrrole nitrogens is 1.